The van der Waals surface area contributed by atoms with Gasteiger partial charge in [0.1, 0.15) is 11.4 Å². The molecule has 1 aromatic carbocycles. The van der Waals surface area contributed by atoms with Crippen LogP contribution >= 0.6 is 0 Å². The molecule has 1 aliphatic rings. The third-order valence-corrected chi connectivity index (χ3v) is 2.20. The number of oxime groups is 1. The smallest absolute Gasteiger partial charge is 0.410 e. The Balaban J connectivity index is 1.87. The van der Waals surface area contributed by atoms with Crippen molar-refractivity contribution in [3.8, 4) is 5.75 Å². The first kappa shape index (κ1) is 11.4. The molecule has 0 unspecified atom stereocenters. The standard InChI is InChI=1S/C12H14N2O3/c1-12(2)8-10(14-17-12)13-11(15)16-9-6-4-3-5-7-9/h3-7H,8H2,1-2H3,(H,13,14,15). The normalized spacial score (nSPS) is 16.9. The van der Waals surface area contributed by atoms with E-state index >= 15 is 0 Å². The van der Waals surface area contributed by atoms with E-state index in [1.807, 2.05) is 19.9 Å². The molecule has 0 saturated carbocycles. The van der Waals surface area contributed by atoms with Crippen LogP contribution in [0.2, 0.25) is 0 Å². The third kappa shape index (κ3) is 3.21. The lowest BCUT2D eigenvalue weighted by atomic mass is 10.1. The predicted molar refractivity (Wildman–Crippen MR) is 62.8 cm³/mol. The molecule has 5 nitrogen and oxygen atoms in total. The number of nitrogens with zero attached hydrogens (tertiary/aromatic N) is 1. The summed E-state index contributed by atoms with van der Waals surface area (Å²) in [5.41, 5.74) is -0.366. The molecule has 1 amide bonds. The maximum absolute atomic E-state index is 11.5. The van der Waals surface area contributed by atoms with E-state index in [2.05, 4.69) is 10.5 Å². The highest BCUT2D eigenvalue weighted by Gasteiger charge is 2.30. The van der Waals surface area contributed by atoms with Gasteiger partial charge in [0, 0.05) is 0 Å². The van der Waals surface area contributed by atoms with Gasteiger partial charge < -0.3 is 9.57 Å². The van der Waals surface area contributed by atoms with E-state index in [0.29, 0.717) is 18.0 Å². The molecule has 0 aromatic heterocycles. The minimum Gasteiger partial charge on any atom is -0.410 e. The van der Waals surface area contributed by atoms with Crippen LogP contribution in [0.15, 0.2) is 35.5 Å². The lowest BCUT2D eigenvalue weighted by Crippen LogP contribution is -2.34. The molecule has 0 fully saturated rings. The largest absolute Gasteiger partial charge is 0.418 e. The summed E-state index contributed by atoms with van der Waals surface area (Å²) in [6, 6.07) is 8.85. The Bertz CT molecular complexity index is 440. The van der Waals surface area contributed by atoms with E-state index in [-0.39, 0.29) is 5.60 Å². The number of amides is 1. The van der Waals surface area contributed by atoms with E-state index in [4.69, 9.17) is 9.57 Å². The van der Waals surface area contributed by atoms with Crippen molar-refractivity contribution in [3.05, 3.63) is 30.3 Å². The molecule has 1 aromatic rings. The monoisotopic (exact) mass is 234 g/mol. The molecule has 0 bridgehead atoms. The van der Waals surface area contributed by atoms with Gasteiger partial charge in [-0.25, -0.2) is 4.79 Å². The molecular weight excluding hydrogens is 220 g/mol. The fourth-order valence-corrected chi connectivity index (χ4v) is 1.45. The average molecular weight is 234 g/mol. The summed E-state index contributed by atoms with van der Waals surface area (Å²) in [4.78, 5) is 16.6. The van der Waals surface area contributed by atoms with Gasteiger partial charge in [0.15, 0.2) is 5.84 Å². The molecule has 0 aliphatic carbocycles. The van der Waals surface area contributed by atoms with E-state index in [0.717, 1.165) is 0 Å². The van der Waals surface area contributed by atoms with Gasteiger partial charge in [-0.2, -0.15) is 0 Å². The van der Waals surface area contributed by atoms with Gasteiger partial charge in [-0.3, -0.25) is 5.32 Å². The first-order chi connectivity index (χ1) is 8.05. The molecule has 1 heterocycles. The van der Waals surface area contributed by atoms with Crippen molar-refractivity contribution in [2.75, 3.05) is 0 Å². The second kappa shape index (κ2) is 4.45. The summed E-state index contributed by atoms with van der Waals surface area (Å²) < 4.78 is 5.06. The minimum atomic E-state index is -0.559. The Hall–Kier alpha value is -2.04. The van der Waals surface area contributed by atoms with Crippen molar-refractivity contribution in [1.82, 2.24) is 5.32 Å². The average Bonchev–Trinajstić information content (AvgIpc) is 2.59. The van der Waals surface area contributed by atoms with Gasteiger partial charge in [0.2, 0.25) is 0 Å². The summed E-state index contributed by atoms with van der Waals surface area (Å²) in [6.45, 7) is 3.79. The molecule has 0 radical (unpaired) electrons. The highest BCUT2D eigenvalue weighted by molar-refractivity contribution is 5.96. The van der Waals surface area contributed by atoms with Gasteiger partial charge in [0.05, 0.1) is 6.42 Å². The maximum atomic E-state index is 11.5. The van der Waals surface area contributed by atoms with Crippen molar-refractivity contribution in [2.24, 2.45) is 5.16 Å². The number of carbonyl (C=O) groups excluding carboxylic acids is 1. The minimum absolute atomic E-state index is 0.366. The van der Waals surface area contributed by atoms with Crippen LogP contribution < -0.4 is 10.1 Å². The van der Waals surface area contributed by atoms with Crippen molar-refractivity contribution in [3.63, 3.8) is 0 Å². The van der Waals surface area contributed by atoms with Crippen LogP contribution in [0, 0.1) is 0 Å². The summed E-state index contributed by atoms with van der Waals surface area (Å²) in [7, 11) is 0. The lowest BCUT2D eigenvalue weighted by molar-refractivity contribution is 0.0123. The zero-order valence-corrected chi connectivity index (χ0v) is 9.77. The molecule has 1 N–H and O–H groups in total. The number of benzene rings is 1. The fourth-order valence-electron chi connectivity index (χ4n) is 1.45. The highest BCUT2D eigenvalue weighted by Crippen LogP contribution is 2.21. The highest BCUT2D eigenvalue weighted by atomic mass is 16.7. The Kier molecular flexibility index (Phi) is 2.99. The number of hydrogen-bond donors (Lipinski definition) is 1. The first-order valence-corrected chi connectivity index (χ1v) is 5.34. The lowest BCUT2D eigenvalue weighted by Gasteiger charge is -2.13. The number of hydrogen-bond acceptors (Lipinski definition) is 4. The van der Waals surface area contributed by atoms with Crippen molar-refractivity contribution in [2.45, 2.75) is 25.9 Å². The van der Waals surface area contributed by atoms with E-state index in [9.17, 15) is 4.79 Å². The van der Waals surface area contributed by atoms with Crippen LogP contribution in [0.3, 0.4) is 0 Å². The summed E-state index contributed by atoms with van der Waals surface area (Å²) in [6.07, 6.45) is -0.00656. The van der Waals surface area contributed by atoms with E-state index in [1.54, 1.807) is 24.3 Å². The number of carbonyl (C=O) groups is 1. The van der Waals surface area contributed by atoms with Gasteiger partial charge in [0.25, 0.3) is 0 Å². The maximum Gasteiger partial charge on any atom is 0.418 e. The molecular formula is C12H14N2O3. The van der Waals surface area contributed by atoms with Gasteiger partial charge in [-0.05, 0) is 26.0 Å². The van der Waals surface area contributed by atoms with Gasteiger partial charge >= 0.3 is 6.09 Å². The van der Waals surface area contributed by atoms with Crippen molar-refractivity contribution < 1.29 is 14.4 Å². The molecule has 1 aliphatic heterocycles. The summed E-state index contributed by atoms with van der Waals surface area (Å²) in [5.74, 6) is 0.972. The fraction of sp³-hybridized carbons (Fsp3) is 0.333. The zero-order valence-electron chi connectivity index (χ0n) is 9.77. The van der Waals surface area contributed by atoms with Gasteiger partial charge in [-0.1, -0.05) is 23.4 Å². The number of nitrogens with one attached hydrogen (secondary N) is 1. The third-order valence-electron chi connectivity index (χ3n) is 2.20. The Morgan fingerprint density at radius 3 is 2.71 bits per heavy atom. The number of ether oxygens (including phenoxy) is 1. The van der Waals surface area contributed by atoms with Crippen LogP contribution in [-0.2, 0) is 4.84 Å². The van der Waals surface area contributed by atoms with Crippen LogP contribution in [0.5, 0.6) is 5.75 Å². The topological polar surface area (TPSA) is 59.9 Å². The van der Waals surface area contributed by atoms with E-state index < -0.39 is 6.09 Å². The predicted octanol–water partition coefficient (Wildman–Crippen LogP) is 2.29. The van der Waals surface area contributed by atoms with Crippen LogP contribution in [0.25, 0.3) is 0 Å². The molecule has 0 atom stereocenters. The Labute approximate surface area is 99.4 Å². The molecule has 0 saturated heterocycles. The zero-order chi connectivity index (χ0) is 12.3. The number of amidine groups is 1. The summed E-state index contributed by atoms with van der Waals surface area (Å²) >= 11 is 0. The van der Waals surface area contributed by atoms with Gasteiger partial charge in [-0.15, -0.1) is 0 Å². The molecule has 17 heavy (non-hydrogen) atoms. The number of para-hydroxylation sites is 1. The second-order valence-electron chi connectivity index (χ2n) is 4.39. The van der Waals surface area contributed by atoms with Crippen molar-refractivity contribution >= 4 is 11.9 Å². The van der Waals surface area contributed by atoms with Crippen molar-refractivity contribution in [1.29, 1.82) is 0 Å². The van der Waals surface area contributed by atoms with Crippen LogP contribution in [-0.4, -0.2) is 17.5 Å². The SMILES string of the molecule is CC1(C)CC(NC(=O)Oc2ccccc2)=NO1. The quantitative estimate of drug-likeness (QED) is 0.811. The first-order valence-electron chi connectivity index (χ1n) is 5.34. The molecule has 5 heteroatoms. The Morgan fingerprint density at radius 1 is 1.41 bits per heavy atom. The molecule has 2 rings (SSSR count). The Morgan fingerprint density at radius 2 is 2.12 bits per heavy atom. The number of rotatable bonds is 1. The molecule has 0 spiro atoms. The molecule has 90 valence electrons. The van der Waals surface area contributed by atoms with E-state index in [1.165, 1.54) is 0 Å². The second-order valence-corrected chi connectivity index (χ2v) is 4.39. The summed E-state index contributed by atoms with van der Waals surface area (Å²) in [5, 5.41) is 6.32. The van der Waals surface area contributed by atoms with Crippen LogP contribution in [0.4, 0.5) is 4.79 Å². The van der Waals surface area contributed by atoms with Crippen LogP contribution in [0.1, 0.15) is 20.3 Å².